The molecule has 1 aromatic heterocycles. The van der Waals surface area contributed by atoms with Gasteiger partial charge in [0.2, 0.25) is 0 Å². The van der Waals surface area contributed by atoms with Gasteiger partial charge in [0.25, 0.3) is 5.91 Å². The molecule has 0 saturated heterocycles. The van der Waals surface area contributed by atoms with Crippen molar-refractivity contribution < 1.29 is 4.79 Å². The van der Waals surface area contributed by atoms with Crippen LogP contribution < -0.4 is 10.2 Å². The average molecular weight is 318 g/mol. The molecular weight excluding hydrogens is 300 g/mol. The number of benzene rings is 1. The molecule has 120 valence electrons. The number of aryl methyl sites for hydroxylation is 1. The first kappa shape index (κ1) is 15.8. The topological polar surface area (TPSA) is 69.0 Å². The lowest BCUT2D eigenvalue weighted by molar-refractivity contribution is -0.117. The van der Waals surface area contributed by atoms with Crippen LogP contribution in [0.1, 0.15) is 17.5 Å². The third kappa shape index (κ3) is 3.61. The van der Waals surface area contributed by atoms with E-state index in [0.717, 1.165) is 30.6 Å². The summed E-state index contributed by atoms with van der Waals surface area (Å²) >= 11 is 0. The molecule has 0 spiro atoms. The Morgan fingerprint density at radius 3 is 3.00 bits per heavy atom. The Hall–Kier alpha value is -3.13. The average Bonchev–Trinajstić information content (AvgIpc) is 2.65. The highest BCUT2D eigenvalue weighted by atomic mass is 16.1. The number of nitriles is 1. The minimum atomic E-state index is -0.371. The van der Waals surface area contributed by atoms with Crippen molar-refractivity contribution in [2.75, 3.05) is 11.4 Å². The van der Waals surface area contributed by atoms with E-state index in [1.807, 2.05) is 41.3 Å². The number of pyridine rings is 1. The van der Waals surface area contributed by atoms with E-state index < -0.39 is 0 Å². The summed E-state index contributed by atoms with van der Waals surface area (Å²) in [6.07, 6.45) is 7.05. The molecule has 2 heterocycles. The van der Waals surface area contributed by atoms with Crippen LogP contribution in [0.5, 0.6) is 0 Å². The molecule has 0 fully saturated rings. The molecular formula is C19H18N4O. The van der Waals surface area contributed by atoms with Crippen LogP contribution in [0.3, 0.4) is 0 Å². The van der Waals surface area contributed by atoms with Crippen LogP contribution in [0.2, 0.25) is 0 Å². The molecule has 0 radical (unpaired) electrons. The largest absolute Gasteiger partial charge is 0.347 e. The molecule has 0 saturated carbocycles. The van der Waals surface area contributed by atoms with Gasteiger partial charge in [-0.05, 0) is 36.1 Å². The van der Waals surface area contributed by atoms with Gasteiger partial charge in [-0.25, -0.2) is 0 Å². The number of aromatic nitrogens is 1. The van der Waals surface area contributed by atoms with E-state index in [1.165, 1.54) is 5.56 Å². The Labute approximate surface area is 141 Å². The zero-order valence-electron chi connectivity index (χ0n) is 13.3. The van der Waals surface area contributed by atoms with Crippen LogP contribution in [-0.2, 0) is 17.8 Å². The summed E-state index contributed by atoms with van der Waals surface area (Å²) in [5.74, 6) is -0.371. The minimum absolute atomic E-state index is 0.107. The number of hydrogen-bond acceptors (Lipinski definition) is 4. The number of rotatable bonds is 4. The maximum atomic E-state index is 12.3. The second-order valence-electron chi connectivity index (χ2n) is 5.62. The lowest BCUT2D eigenvalue weighted by atomic mass is 10.0. The highest BCUT2D eigenvalue weighted by Crippen LogP contribution is 2.27. The zero-order valence-corrected chi connectivity index (χ0v) is 13.3. The Kier molecular flexibility index (Phi) is 4.87. The molecule has 0 aliphatic carbocycles. The third-order valence-corrected chi connectivity index (χ3v) is 3.97. The van der Waals surface area contributed by atoms with Crippen molar-refractivity contribution >= 4 is 11.6 Å². The maximum absolute atomic E-state index is 12.3. The van der Waals surface area contributed by atoms with E-state index >= 15 is 0 Å². The van der Waals surface area contributed by atoms with Crippen molar-refractivity contribution in [3.05, 3.63) is 71.7 Å². The van der Waals surface area contributed by atoms with Crippen LogP contribution in [0.4, 0.5) is 5.69 Å². The predicted molar refractivity (Wildman–Crippen MR) is 91.9 cm³/mol. The van der Waals surface area contributed by atoms with Gasteiger partial charge in [-0.15, -0.1) is 0 Å². The number of anilines is 1. The Morgan fingerprint density at radius 2 is 2.21 bits per heavy atom. The normalized spacial score (nSPS) is 13.8. The van der Waals surface area contributed by atoms with E-state index in [4.69, 9.17) is 0 Å². The second-order valence-corrected chi connectivity index (χ2v) is 5.62. The Bertz CT molecular complexity index is 793. The number of hydrogen-bond donors (Lipinski definition) is 1. The van der Waals surface area contributed by atoms with Crippen LogP contribution in [0.25, 0.3) is 0 Å². The fourth-order valence-electron chi connectivity index (χ4n) is 2.77. The summed E-state index contributed by atoms with van der Waals surface area (Å²) in [4.78, 5) is 18.3. The smallest absolute Gasteiger partial charge is 0.263 e. The minimum Gasteiger partial charge on any atom is -0.347 e. The molecule has 2 aromatic rings. The summed E-state index contributed by atoms with van der Waals surface area (Å²) in [6, 6.07) is 13.8. The van der Waals surface area contributed by atoms with Crippen LogP contribution in [0, 0.1) is 11.3 Å². The lowest BCUT2D eigenvalue weighted by Gasteiger charge is -2.28. The molecule has 5 nitrogen and oxygen atoms in total. The van der Waals surface area contributed by atoms with Gasteiger partial charge >= 0.3 is 0 Å². The molecule has 1 aliphatic rings. The summed E-state index contributed by atoms with van der Waals surface area (Å²) < 4.78 is 0. The molecule has 0 atom stereocenters. The van der Waals surface area contributed by atoms with Gasteiger partial charge in [-0.2, -0.15) is 5.26 Å². The van der Waals surface area contributed by atoms with Crippen LogP contribution in [-0.4, -0.2) is 17.4 Å². The third-order valence-electron chi connectivity index (χ3n) is 3.97. The van der Waals surface area contributed by atoms with Crippen LogP contribution >= 0.6 is 0 Å². The van der Waals surface area contributed by atoms with E-state index in [9.17, 15) is 10.1 Å². The van der Waals surface area contributed by atoms with Crippen molar-refractivity contribution in [1.29, 1.82) is 5.26 Å². The first-order chi connectivity index (χ1) is 11.8. The standard InChI is InChI=1S/C19H18N4O/c20-11-17(19(24)22-13-15-5-3-9-21-12-15)14-23-10-4-7-16-6-1-2-8-18(16)23/h1-3,5-6,8-9,12,14H,4,7,10,13H2,(H,22,24)/b17-14-. The van der Waals surface area contributed by atoms with E-state index in [0.29, 0.717) is 6.54 Å². The summed E-state index contributed by atoms with van der Waals surface area (Å²) in [5, 5.41) is 12.1. The molecule has 1 aromatic carbocycles. The van der Waals surface area contributed by atoms with Crippen molar-refractivity contribution in [1.82, 2.24) is 10.3 Å². The number of carbonyl (C=O) groups is 1. The lowest BCUT2D eigenvalue weighted by Crippen LogP contribution is -2.28. The van der Waals surface area contributed by atoms with Crippen molar-refractivity contribution in [3.8, 4) is 6.07 Å². The molecule has 3 rings (SSSR count). The van der Waals surface area contributed by atoms with E-state index in [1.54, 1.807) is 18.6 Å². The molecule has 0 unspecified atom stereocenters. The summed E-state index contributed by atoms with van der Waals surface area (Å²) in [6.45, 7) is 1.15. The SMILES string of the molecule is N#C/C(=C/N1CCCc2ccccc21)C(=O)NCc1cccnc1. The number of nitrogens with one attached hydrogen (secondary N) is 1. The number of amides is 1. The zero-order chi connectivity index (χ0) is 16.8. The number of fused-ring (bicyclic) bond motifs is 1. The fourth-order valence-corrected chi connectivity index (χ4v) is 2.77. The Morgan fingerprint density at radius 1 is 1.33 bits per heavy atom. The number of nitrogens with zero attached hydrogens (tertiary/aromatic N) is 3. The molecule has 0 bridgehead atoms. The number of para-hydroxylation sites is 1. The molecule has 24 heavy (non-hydrogen) atoms. The van der Waals surface area contributed by atoms with Gasteiger partial charge in [0.1, 0.15) is 11.6 Å². The van der Waals surface area contributed by atoms with E-state index in [-0.39, 0.29) is 11.5 Å². The van der Waals surface area contributed by atoms with Gasteiger partial charge in [-0.3, -0.25) is 9.78 Å². The van der Waals surface area contributed by atoms with Gasteiger partial charge in [-0.1, -0.05) is 24.3 Å². The van der Waals surface area contributed by atoms with Crippen molar-refractivity contribution in [2.24, 2.45) is 0 Å². The summed E-state index contributed by atoms with van der Waals surface area (Å²) in [5.41, 5.74) is 3.31. The predicted octanol–water partition coefficient (Wildman–Crippen LogP) is 2.56. The first-order valence-electron chi connectivity index (χ1n) is 7.91. The second kappa shape index (κ2) is 7.42. The van der Waals surface area contributed by atoms with Gasteiger partial charge in [0.15, 0.2) is 0 Å². The van der Waals surface area contributed by atoms with Gasteiger partial charge in [0.05, 0.1) is 0 Å². The van der Waals surface area contributed by atoms with Gasteiger partial charge in [0, 0.05) is 37.4 Å². The van der Waals surface area contributed by atoms with Crippen LogP contribution in [0.15, 0.2) is 60.6 Å². The highest BCUT2D eigenvalue weighted by Gasteiger charge is 2.17. The maximum Gasteiger partial charge on any atom is 0.263 e. The highest BCUT2D eigenvalue weighted by molar-refractivity contribution is 5.97. The quantitative estimate of drug-likeness (QED) is 0.695. The van der Waals surface area contributed by atoms with E-state index in [2.05, 4.69) is 16.4 Å². The fraction of sp³-hybridized carbons (Fsp3) is 0.211. The monoisotopic (exact) mass is 318 g/mol. The molecule has 1 N–H and O–H groups in total. The molecule has 1 aliphatic heterocycles. The van der Waals surface area contributed by atoms with Crippen molar-refractivity contribution in [2.45, 2.75) is 19.4 Å². The number of carbonyl (C=O) groups excluding carboxylic acids is 1. The summed E-state index contributed by atoms with van der Waals surface area (Å²) in [7, 11) is 0. The molecule has 5 heteroatoms. The Balaban J connectivity index is 1.73. The first-order valence-corrected chi connectivity index (χ1v) is 7.91. The van der Waals surface area contributed by atoms with Gasteiger partial charge < -0.3 is 10.2 Å². The van der Waals surface area contributed by atoms with Crippen molar-refractivity contribution in [3.63, 3.8) is 0 Å². The molecule has 1 amide bonds.